The van der Waals surface area contributed by atoms with Crippen LogP contribution in [-0.2, 0) is 10.0 Å². The van der Waals surface area contributed by atoms with Crippen molar-refractivity contribution in [2.24, 2.45) is 0 Å². The molecule has 0 aliphatic carbocycles. The number of carbonyl (C=O) groups is 1. The van der Waals surface area contributed by atoms with Gasteiger partial charge in [0.05, 0.1) is 11.3 Å². The quantitative estimate of drug-likeness (QED) is 0.667. The molecule has 1 amide bonds. The number of halogens is 2. The largest absolute Gasteiger partial charge is 0.322 e. The van der Waals surface area contributed by atoms with Gasteiger partial charge in [-0.15, -0.1) is 0 Å². The number of rotatable bonds is 5. The molecule has 0 saturated carbocycles. The van der Waals surface area contributed by atoms with Crippen molar-refractivity contribution in [3.63, 3.8) is 0 Å². The van der Waals surface area contributed by atoms with Crippen molar-refractivity contribution < 1.29 is 22.0 Å². The molecule has 0 unspecified atom stereocenters. The lowest BCUT2D eigenvalue weighted by atomic mass is 10.1. The van der Waals surface area contributed by atoms with Crippen molar-refractivity contribution >= 4 is 27.3 Å². The van der Waals surface area contributed by atoms with E-state index in [1.807, 2.05) is 13.0 Å². The maximum atomic E-state index is 13.9. The van der Waals surface area contributed by atoms with E-state index >= 15 is 0 Å². The Labute approximate surface area is 161 Å². The van der Waals surface area contributed by atoms with Gasteiger partial charge in [0.25, 0.3) is 15.9 Å². The Hall–Kier alpha value is -3.26. The highest BCUT2D eigenvalue weighted by molar-refractivity contribution is 7.92. The van der Waals surface area contributed by atoms with Gasteiger partial charge in [0.1, 0.15) is 16.5 Å². The normalized spacial score (nSPS) is 11.1. The van der Waals surface area contributed by atoms with E-state index in [9.17, 15) is 22.0 Å². The van der Waals surface area contributed by atoms with Crippen LogP contribution in [0.15, 0.2) is 71.6 Å². The van der Waals surface area contributed by atoms with Crippen LogP contribution in [0, 0.1) is 18.6 Å². The molecule has 144 valence electrons. The fourth-order valence-corrected chi connectivity index (χ4v) is 3.74. The highest BCUT2D eigenvalue weighted by Gasteiger charge is 2.22. The number of aryl methyl sites for hydroxylation is 1. The summed E-state index contributed by atoms with van der Waals surface area (Å²) in [6.45, 7) is 1.87. The second kappa shape index (κ2) is 7.77. The van der Waals surface area contributed by atoms with E-state index in [0.717, 1.165) is 17.7 Å². The molecule has 0 radical (unpaired) electrons. The molecule has 3 aromatic rings. The number of hydrogen-bond acceptors (Lipinski definition) is 3. The summed E-state index contributed by atoms with van der Waals surface area (Å²) in [5, 5.41) is 2.68. The van der Waals surface area contributed by atoms with Crippen LogP contribution in [0.2, 0.25) is 0 Å². The Morgan fingerprint density at radius 1 is 0.929 bits per heavy atom. The van der Waals surface area contributed by atoms with Crippen LogP contribution in [0.5, 0.6) is 0 Å². The number of hydrogen-bond donors (Lipinski definition) is 2. The second-order valence-electron chi connectivity index (χ2n) is 6.05. The van der Waals surface area contributed by atoms with Crippen molar-refractivity contribution in [3.8, 4) is 0 Å². The third-order valence-electron chi connectivity index (χ3n) is 3.87. The van der Waals surface area contributed by atoms with Gasteiger partial charge in [0.2, 0.25) is 0 Å². The van der Waals surface area contributed by atoms with Crippen LogP contribution in [0.3, 0.4) is 0 Å². The number of benzene rings is 3. The summed E-state index contributed by atoms with van der Waals surface area (Å²) in [7, 11) is -4.45. The van der Waals surface area contributed by atoms with Crippen molar-refractivity contribution in [3.05, 3.63) is 89.5 Å². The zero-order chi connectivity index (χ0) is 20.3. The van der Waals surface area contributed by atoms with E-state index in [4.69, 9.17) is 0 Å². The molecule has 0 fully saturated rings. The summed E-state index contributed by atoms with van der Waals surface area (Å²) in [5.41, 5.74) is 1.45. The Kier molecular flexibility index (Phi) is 5.41. The van der Waals surface area contributed by atoms with Gasteiger partial charge in [-0.3, -0.25) is 9.52 Å². The third kappa shape index (κ3) is 4.34. The van der Waals surface area contributed by atoms with E-state index < -0.39 is 32.5 Å². The van der Waals surface area contributed by atoms with Crippen molar-refractivity contribution in [1.82, 2.24) is 0 Å². The fraction of sp³-hybridized carbons (Fsp3) is 0.0500. The van der Waals surface area contributed by atoms with Gasteiger partial charge < -0.3 is 5.32 Å². The molecule has 8 heteroatoms. The van der Waals surface area contributed by atoms with Gasteiger partial charge in [-0.25, -0.2) is 17.2 Å². The topological polar surface area (TPSA) is 75.3 Å². The van der Waals surface area contributed by atoms with Gasteiger partial charge in [0, 0.05) is 5.69 Å². The Morgan fingerprint density at radius 2 is 1.68 bits per heavy atom. The molecule has 0 atom stereocenters. The zero-order valence-corrected chi connectivity index (χ0v) is 15.6. The highest BCUT2D eigenvalue weighted by atomic mass is 32.2. The molecule has 0 aliphatic rings. The number of para-hydroxylation sites is 1. The molecule has 0 saturated heterocycles. The molecule has 0 spiro atoms. The first-order valence-corrected chi connectivity index (χ1v) is 9.69. The first-order chi connectivity index (χ1) is 13.3. The molecule has 0 bridgehead atoms. The summed E-state index contributed by atoms with van der Waals surface area (Å²) in [5.74, 6) is -2.55. The molecule has 3 aromatic carbocycles. The average Bonchev–Trinajstić information content (AvgIpc) is 2.63. The summed E-state index contributed by atoms with van der Waals surface area (Å²) in [6, 6.07) is 15.1. The van der Waals surface area contributed by atoms with Crippen LogP contribution >= 0.6 is 0 Å². The third-order valence-corrected chi connectivity index (χ3v) is 5.26. The predicted octanol–water partition coefficient (Wildman–Crippen LogP) is 4.33. The van der Waals surface area contributed by atoms with Crippen LogP contribution < -0.4 is 10.0 Å². The van der Waals surface area contributed by atoms with E-state index in [-0.39, 0.29) is 11.3 Å². The van der Waals surface area contributed by atoms with Gasteiger partial charge in [-0.1, -0.05) is 24.3 Å². The lowest BCUT2D eigenvalue weighted by Gasteiger charge is -2.13. The van der Waals surface area contributed by atoms with E-state index in [1.165, 1.54) is 18.2 Å². The molecular formula is C20H16F2N2O3S. The van der Waals surface area contributed by atoms with E-state index in [1.54, 1.807) is 24.3 Å². The predicted molar refractivity (Wildman–Crippen MR) is 103 cm³/mol. The standard InChI is InChI=1S/C20H16F2N2O3S/c1-13-5-4-6-15(11-13)23-20(25)16-7-2-3-8-18(16)24-28(26,27)19-12-14(21)9-10-17(19)22/h2-12,24H,1H3,(H,23,25). The number of sulfonamides is 1. The molecular weight excluding hydrogens is 386 g/mol. The zero-order valence-electron chi connectivity index (χ0n) is 14.7. The smallest absolute Gasteiger partial charge is 0.264 e. The highest BCUT2D eigenvalue weighted by Crippen LogP contribution is 2.23. The number of nitrogens with one attached hydrogen (secondary N) is 2. The summed E-state index contributed by atoms with van der Waals surface area (Å²) < 4.78 is 54.4. The maximum Gasteiger partial charge on any atom is 0.264 e. The lowest BCUT2D eigenvalue weighted by molar-refractivity contribution is 0.102. The minimum atomic E-state index is -4.45. The maximum absolute atomic E-state index is 13.9. The van der Waals surface area contributed by atoms with Crippen molar-refractivity contribution in [2.45, 2.75) is 11.8 Å². The molecule has 0 aromatic heterocycles. The first kappa shape index (κ1) is 19.5. The average molecular weight is 402 g/mol. The summed E-state index contributed by atoms with van der Waals surface area (Å²) >= 11 is 0. The van der Waals surface area contributed by atoms with Crippen LogP contribution in [0.25, 0.3) is 0 Å². The number of carbonyl (C=O) groups excluding carboxylic acids is 1. The molecule has 0 aliphatic heterocycles. The van der Waals surface area contributed by atoms with Crippen LogP contribution in [0.4, 0.5) is 20.2 Å². The van der Waals surface area contributed by atoms with Gasteiger partial charge >= 0.3 is 0 Å². The summed E-state index contributed by atoms with van der Waals surface area (Å²) in [4.78, 5) is 11.8. The van der Waals surface area contributed by atoms with Crippen molar-refractivity contribution in [2.75, 3.05) is 10.0 Å². The van der Waals surface area contributed by atoms with Gasteiger partial charge in [-0.05, 0) is 55.0 Å². The van der Waals surface area contributed by atoms with Crippen molar-refractivity contribution in [1.29, 1.82) is 0 Å². The van der Waals surface area contributed by atoms with E-state index in [2.05, 4.69) is 10.0 Å². The first-order valence-electron chi connectivity index (χ1n) is 8.21. The fourth-order valence-electron chi connectivity index (χ4n) is 2.57. The van der Waals surface area contributed by atoms with E-state index in [0.29, 0.717) is 11.8 Å². The van der Waals surface area contributed by atoms with Crippen LogP contribution in [0.1, 0.15) is 15.9 Å². The monoisotopic (exact) mass is 402 g/mol. The minimum Gasteiger partial charge on any atom is -0.322 e. The van der Waals surface area contributed by atoms with Crippen LogP contribution in [-0.4, -0.2) is 14.3 Å². The lowest BCUT2D eigenvalue weighted by Crippen LogP contribution is -2.19. The molecule has 5 nitrogen and oxygen atoms in total. The Bertz CT molecular complexity index is 1150. The Balaban J connectivity index is 1.92. The number of anilines is 2. The molecule has 2 N–H and O–H groups in total. The number of amides is 1. The van der Waals surface area contributed by atoms with Gasteiger partial charge in [-0.2, -0.15) is 0 Å². The molecule has 3 rings (SSSR count). The molecule has 0 heterocycles. The molecule has 28 heavy (non-hydrogen) atoms. The Morgan fingerprint density at radius 3 is 2.43 bits per heavy atom. The summed E-state index contributed by atoms with van der Waals surface area (Å²) in [6.07, 6.45) is 0. The van der Waals surface area contributed by atoms with Gasteiger partial charge in [0.15, 0.2) is 0 Å². The second-order valence-corrected chi connectivity index (χ2v) is 7.70. The minimum absolute atomic E-state index is 0.0318. The SMILES string of the molecule is Cc1cccc(NC(=O)c2ccccc2NS(=O)(=O)c2cc(F)ccc2F)c1.